The molecule has 4 radical (unpaired) electrons. The van der Waals surface area contributed by atoms with Crippen molar-refractivity contribution in [2.45, 2.75) is 139 Å². The molecule has 0 bridgehead atoms. The summed E-state index contributed by atoms with van der Waals surface area (Å²) in [6.45, 7) is 40.9. The second-order valence-electron chi connectivity index (χ2n) is 25.3. The number of unbranched alkanes of at least 4 members (excludes halogenated alkanes) is 2. The third-order valence-corrected chi connectivity index (χ3v) is 17.4. The molecule has 12 nitrogen and oxygen atoms in total. The normalized spacial score (nSPS) is 18.1. The third kappa shape index (κ3) is 33.2. The zero-order chi connectivity index (χ0) is 70.0. The van der Waals surface area contributed by atoms with Gasteiger partial charge in [-0.1, -0.05) is 151 Å². The largest absolute Gasteiger partial charge is 0.658 e. The summed E-state index contributed by atoms with van der Waals surface area (Å²) in [6, 6.07) is 25.5. The van der Waals surface area contributed by atoms with Crippen LogP contribution >= 0.6 is 0 Å². The summed E-state index contributed by atoms with van der Waals surface area (Å²) >= 11 is 0. The number of aryl methyl sites for hydroxylation is 2. The van der Waals surface area contributed by atoms with Gasteiger partial charge >= 0.3 is 0 Å². The zero-order valence-electron chi connectivity index (χ0n) is 62.4. The van der Waals surface area contributed by atoms with Gasteiger partial charge in [0.15, 0.2) is 0 Å². The fraction of sp³-hybridized carbons (Fsp3) is 0.506. The van der Waals surface area contributed by atoms with E-state index in [1.165, 1.54) is 80.5 Å². The van der Waals surface area contributed by atoms with Gasteiger partial charge in [-0.05, 0) is 206 Å². The summed E-state index contributed by atoms with van der Waals surface area (Å²) in [5, 5.41) is 15.2. The third-order valence-electron chi connectivity index (χ3n) is 17.4. The van der Waals surface area contributed by atoms with Crippen molar-refractivity contribution in [3.63, 3.8) is 0 Å². The number of rotatable bonds is 19. The maximum atomic E-state index is 11.9. The van der Waals surface area contributed by atoms with E-state index in [9.17, 15) is 19.2 Å². The van der Waals surface area contributed by atoms with Crippen LogP contribution in [0.4, 0.5) is 0 Å². The van der Waals surface area contributed by atoms with Gasteiger partial charge in [0.2, 0.25) is 0 Å². The maximum absolute atomic E-state index is 11.9. The van der Waals surface area contributed by atoms with E-state index in [1.807, 2.05) is 34.0 Å². The monoisotopic (exact) mass is 1620 g/mol. The van der Waals surface area contributed by atoms with Crippen LogP contribution in [0, 0.1) is 92.8 Å². The second kappa shape index (κ2) is 51.6. The van der Waals surface area contributed by atoms with Gasteiger partial charge in [-0.3, -0.25) is 9.80 Å². The molecule has 0 aromatic heterocycles. The van der Waals surface area contributed by atoms with E-state index in [1.54, 1.807) is 28.2 Å². The number of hydrogen-bond donors (Lipinski definition) is 0. The molecular formula is C81H118N8O4Y4-8. The van der Waals surface area contributed by atoms with Crippen molar-refractivity contribution in [2.75, 3.05) is 109 Å². The van der Waals surface area contributed by atoms with Gasteiger partial charge in [0.05, 0.1) is 13.1 Å². The molecular weight excluding hydrogens is 1500 g/mol. The van der Waals surface area contributed by atoms with Gasteiger partial charge < -0.3 is 77.9 Å². The molecule has 4 aromatic carbocycles. The average Bonchev–Trinajstić information content (AvgIpc) is 1.68. The SMILES string of the molecule is C#CCCCC.C#CCN(C)CC.CC.[CH2-]C1(C(=O)[N-]C)Cc2ccc(/C=C/CN(C)CC)cc2C1.[CH2-]C1(C(=O)[N-]C)Cc2ccc(C#CCN(C)CC)cc2C1.[CH2-]C1(C(=O)[N-]C)Cc2ccc(C)cc2C1.[CH2-]C1(C(=O)[N-]C)Cc2ccc(CCCN(C)CC)cc2C1.[HH].[HH].[Y].[Y].[Y].[Y]. The molecule has 0 saturated heterocycles. The minimum Gasteiger partial charge on any atom is -0.658 e. The van der Waals surface area contributed by atoms with Crippen LogP contribution in [0.25, 0.3) is 27.3 Å². The van der Waals surface area contributed by atoms with Crippen molar-refractivity contribution < 1.29 is 153 Å². The fourth-order valence-electron chi connectivity index (χ4n) is 11.3. The van der Waals surface area contributed by atoms with Crippen molar-refractivity contribution in [1.29, 1.82) is 0 Å². The molecule has 97 heavy (non-hydrogen) atoms. The number of carbonyl (C=O) groups is 4. The Balaban J connectivity index is -0.000000365. The van der Waals surface area contributed by atoms with E-state index >= 15 is 0 Å². The van der Waals surface area contributed by atoms with Crippen molar-refractivity contribution in [2.24, 2.45) is 21.7 Å². The van der Waals surface area contributed by atoms with Gasteiger partial charge in [-0.25, -0.2) is 0 Å². The molecule has 526 valence electrons. The predicted octanol–water partition coefficient (Wildman–Crippen LogP) is 14.9. The van der Waals surface area contributed by atoms with Crippen LogP contribution in [0.1, 0.15) is 144 Å². The molecule has 0 heterocycles. The molecule has 4 unspecified atom stereocenters. The van der Waals surface area contributed by atoms with Gasteiger partial charge in [-0.15, -0.1) is 68.6 Å². The number of benzene rings is 4. The summed E-state index contributed by atoms with van der Waals surface area (Å²) in [5.74, 6) is 11.1. The first-order chi connectivity index (χ1) is 44.2. The Morgan fingerprint density at radius 2 is 0.897 bits per heavy atom. The van der Waals surface area contributed by atoms with E-state index in [4.69, 9.17) is 12.8 Å². The van der Waals surface area contributed by atoms with E-state index in [0.717, 1.165) is 96.4 Å². The van der Waals surface area contributed by atoms with Crippen molar-refractivity contribution in [1.82, 2.24) is 19.6 Å². The standard InChI is InChI=1S/C18H27N2O.C18H25N2O.C18H23N2O.C13H16NO.C6H11N.C6H10.C2H6.4Y.2H2/c3*1-5-20(4)10-6-7-14-8-9-15-12-18(2,17(21)19-3)13-16(15)11-14;1-9-4-5-10-7-13(2,12(15)14-3)8-11(10)6-9;1-4-6-7(3)5-2;1-3-5-6-4-2;1-2;;;;;;/h8-9,11H,2,5-7,10,12-13H2,1,3-4H3,(H,19,21);6-9,11H,2,5,10,12-13H2,1,3-4H3,(H,19,21);8-9,11H,2,5,10,12-13H2,1,3-4H3,(H,19,21);4-6H,2,7-8H2,1,3H3,(H,14,15);1H,5-6H2,2-3H3;1H,4-6H2,2H3;1-2H3;;;;;2*1H/q4*-1;;;;;;;;;/p-4/b;7-6+;;;;;;;;;;;. The zero-order valence-corrected chi connectivity index (χ0v) is 73.8. The average molecular weight is 1620 g/mol. The smallest absolute Gasteiger partial charge is 0.0602 e. The predicted molar refractivity (Wildman–Crippen MR) is 398 cm³/mol. The van der Waals surface area contributed by atoms with Crippen LogP contribution in [0.15, 0.2) is 78.9 Å². The Kier molecular flexibility index (Phi) is 52.4. The van der Waals surface area contributed by atoms with Gasteiger partial charge in [0.25, 0.3) is 0 Å². The molecule has 16 heteroatoms. The molecule has 4 aliphatic carbocycles. The number of fused-ring (bicyclic) bond motifs is 4. The topological polar surface area (TPSA) is 138 Å². The Labute approximate surface area is 694 Å². The van der Waals surface area contributed by atoms with Crippen LogP contribution in [-0.4, -0.2) is 152 Å². The molecule has 0 aliphatic heterocycles. The minimum atomic E-state index is -0.619. The van der Waals surface area contributed by atoms with Crippen LogP contribution in [0.2, 0.25) is 0 Å². The van der Waals surface area contributed by atoms with Gasteiger partial charge in [0.1, 0.15) is 0 Å². The molecule has 4 atom stereocenters. The summed E-state index contributed by atoms with van der Waals surface area (Å²) in [4.78, 5) is 56.2. The summed E-state index contributed by atoms with van der Waals surface area (Å²) in [6.07, 6.45) is 25.5. The van der Waals surface area contributed by atoms with Crippen molar-refractivity contribution >= 4 is 29.7 Å². The van der Waals surface area contributed by atoms with Crippen LogP contribution < -0.4 is 0 Å². The molecule has 0 saturated carbocycles. The summed E-state index contributed by atoms with van der Waals surface area (Å²) in [7, 11) is 14.5. The van der Waals surface area contributed by atoms with Crippen molar-refractivity contribution in [3.05, 3.63) is 195 Å². The van der Waals surface area contributed by atoms with E-state index in [-0.39, 0.29) is 157 Å². The van der Waals surface area contributed by atoms with Gasteiger partial charge in [0, 0.05) is 176 Å². The van der Waals surface area contributed by atoms with Gasteiger partial charge in [-0.2, -0.15) is 0 Å². The number of nitrogens with zero attached hydrogens (tertiary/aromatic N) is 8. The maximum Gasteiger partial charge on any atom is 0.0602 e. The first-order valence-electron chi connectivity index (χ1n) is 33.4. The van der Waals surface area contributed by atoms with E-state index in [0.29, 0.717) is 25.7 Å². The molecule has 8 rings (SSSR count). The number of amides is 4. The summed E-state index contributed by atoms with van der Waals surface area (Å²) in [5.41, 5.74) is 12.3. The van der Waals surface area contributed by atoms with Crippen LogP contribution in [0.5, 0.6) is 0 Å². The van der Waals surface area contributed by atoms with Crippen molar-refractivity contribution in [3.8, 4) is 36.5 Å². The number of terminal acetylenes is 2. The quantitative estimate of drug-likeness (QED) is 0.0514. The number of likely N-dealkylation sites (N-methyl/N-ethyl adjacent to an activating group) is 1. The Morgan fingerprint density at radius 3 is 1.30 bits per heavy atom. The fourth-order valence-corrected chi connectivity index (χ4v) is 11.3. The molecule has 0 fully saturated rings. The Bertz CT molecular complexity index is 3220. The molecule has 0 N–H and O–H groups in total. The second-order valence-corrected chi connectivity index (χ2v) is 25.3. The molecule has 4 aliphatic rings. The molecule has 4 amide bonds. The van der Waals surface area contributed by atoms with Crippen LogP contribution in [0.3, 0.4) is 0 Å². The Hall–Kier alpha value is -2.56. The van der Waals surface area contributed by atoms with E-state index < -0.39 is 21.7 Å². The first kappa shape index (κ1) is 98.6. The minimum absolute atomic E-state index is 0. The van der Waals surface area contributed by atoms with Crippen LogP contribution in [-0.2, 0) is 208 Å². The van der Waals surface area contributed by atoms with E-state index in [2.05, 4.69) is 227 Å². The molecule has 0 spiro atoms. The Morgan fingerprint density at radius 1 is 0.505 bits per heavy atom. The number of hydrogen-bond acceptors (Lipinski definition) is 8. The summed E-state index contributed by atoms with van der Waals surface area (Å²) < 4.78 is 0. The first-order valence-corrected chi connectivity index (χ1v) is 33.4. The number of carbonyl (C=O) groups excluding carboxylic acids is 4. The molecule has 4 aromatic rings.